The fourth-order valence-electron chi connectivity index (χ4n) is 1.00. The monoisotopic (exact) mass is 209 g/mol. The van der Waals surface area contributed by atoms with Crippen LogP contribution in [0.25, 0.3) is 6.08 Å². The molecule has 5 heteroatoms. The third-order valence-corrected chi connectivity index (χ3v) is 1.69. The van der Waals surface area contributed by atoms with Gasteiger partial charge in [0.15, 0.2) is 11.5 Å². The van der Waals surface area contributed by atoms with Gasteiger partial charge in [0, 0.05) is 12.1 Å². The molecule has 80 valence electrons. The molecule has 0 aliphatic carbocycles. The molecule has 15 heavy (non-hydrogen) atoms. The van der Waals surface area contributed by atoms with Crippen molar-refractivity contribution in [3.8, 4) is 11.5 Å². The van der Waals surface area contributed by atoms with E-state index in [9.17, 15) is 4.79 Å². The Morgan fingerprint density at radius 2 is 2.07 bits per heavy atom. The molecular formula is C10H11NO4. The average molecular weight is 209 g/mol. The molecule has 0 aromatic carbocycles. The molecule has 0 radical (unpaired) electrons. The second-order valence-electron chi connectivity index (χ2n) is 2.64. The molecule has 0 saturated heterocycles. The molecular weight excluding hydrogens is 198 g/mol. The van der Waals surface area contributed by atoms with Gasteiger partial charge in [-0.2, -0.15) is 0 Å². The minimum absolute atomic E-state index is 0.495. The van der Waals surface area contributed by atoms with Crippen LogP contribution in [0.5, 0.6) is 11.5 Å². The average Bonchev–Trinajstić information content (AvgIpc) is 2.25. The van der Waals surface area contributed by atoms with Gasteiger partial charge in [-0.1, -0.05) is 0 Å². The Morgan fingerprint density at radius 1 is 1.40 bits per heavy atom. The molecule has 1 N–H and O–H groups in total. The Kier molecular flexibility index (Phi) is 3.68. The summed E-state index contributed by atoms with van der Waals surface area (Å²) in [5, 5.41) is 8.43. The van der Waals surface area contributed by atoms with Crippen LogP contribution in [-0.2, 0) is 4.79 Å². The molecule has 0 spiro atoms. The number of nitrogens with zero attached hydrogens (tertiary/aromatic N) is 1. The molecule has 0 saturated carbocycles. The Labute approximate surface area is 87.0 Å². The van der Waals surface area contributed by atoms with Crippen molar-refractivity contribution in [1.29, 1.82) is 0 Å². The number of aromatic nitrogens is 1. The first-order chi connectivity index (χ1) is 7.17. The molecule has 0 aliphatic heterocycles. The maximum Gasteiger partial charge on any atom is 0.328 e. The molecule has 1 aromatic rings. The lowest BCUT2D eigenvalue weighted by Gasteiger charge is -2.06. The first-order valence-electron chi connectivity index (χ1n) is 4.16. The molecule has 0 aliphatic rings. The Hall–Kier alpha value is -2.04. The summed E-state index contributed by atoms with van der Waals surface area (Å²) >= 11 is 0. The van der Waals surface area contributed by atoms with Crippen molar-refractivity contribution in [2.24, 2.45) is 0 Å². The number of carboxylic acids is 1. The van der Waals surface area contributed by atoms with E-state index in [4.69, 9.17) is 14.6 Å². The summed E-state index contributed by atoms with van der Waals surface area (Å²) in [6, 6.07) is 1.60. The van der Waals surface area contributed by atoms with E-state index in [1.165, 1.54) is 26.5 Å². The van der Waals surface area contributed by atoms with Crippen LogP contribution >= 0.6 is 0 Å². The second kappa shape index (κ2) is 4.99. The normalized spacial score (nSPS) is 10.3. The van der Waals surface area contributed by atoms with Crippen LogP contribution in [0.4, 0.5) is 0 Å². The van der Waals surface area contributed by atoms with Crippen molar-refractivity contribution in [2.45, 2.75) is 0 Å². The summed E-state index contributed by atoms with van der Waals surface area (Å²) in [4.78, 5) is 14.3. The van der Waals surface area contributed by atoms with E-state index in [0.29, 0.717) is 17.2 Å². The molecule has 0 amide bonds. The van der Waals surface area contributed by atoms with Crippen molar-refractivity contribution in [3.63, 3.8) is 0 Å². The first-order valence-corrected chi connectivity index (χ1v) is 4.16. The highest BCUT2D eigenvalue weighted by molar-refractivity contribution is 5.84. The van der Waals surface area contributed by atoms with Gasteiger partial charge in [0.1, 0.15) is 0 Å². The van der Waals surface area contributed by atoms with Gasteiger partial charge in [-0.05, 0) is 6.08 Å². The molecule has 0 fully saturated rings. The van der Waals surface area contributed by atoms with Gasteiger partial charge in [0.2, 0.25) is 0 Å². The fraction of sp³-hybridized carbons (Fsp3) is 0.200. The SMILES string of the molecule is COc1cnc(/C=C/C(=O)O)cc1OC. The highest BCUT2D eigenvalue weighted by Gasteiger charge is 2.03. The number of ether oxygens (including phenoxy) is 2. The molecule has 1 aromatic heterocycles. The van der Waals surface area contributed by atoms with Gasteiger partial charge in [0.05, 0.1) is 26.1 Å². The minimum Gasteiger partial charge on any atom is -0.493 e. The number of carbonyl (C=O) groups is 1. The lowest BCUT2D eigenvalue weighted by atomic mass is 10.3. The van der Waals surface area contributed by atoms with Gasteiger partial charge >= 0.3 is 5.97 Å². The number of pyridine rings is 1. The number of hydrogen-bond donors (Lipinski definition) is 1. The lowest BCUT2D eigenvalue weighted by molar-refractivity contribution is -0.131. The predicted octanol–water partition coefficient (Wildman–Crippen LogP) is 1.20. The van der Waals surface area contributed by atoms with E-state index in [2.05, 4.69) is 4.98 Å². The number of hydrogen-bond acceptors (Lipinski definition) is 4. The topological polar surface area (TPSA) is 68.7 Å². The number of rotatable bonds is 4. The van der Waals surface area contributed by atoms with Crippen molar-refractivity contribution in [1.82, 2.24) is 4.98 Å². The zero-order valence-corrected chi connectivity index (χ0v) is 8.43. The second-order valence-corrected chi connectivity index (χ2v) is 2.64. The van der Waals surface area contributed by atoms with Crippen LogP contribution in [0.3, 0.4) is 0 Å². The van der Waals surface area contributed by atoms with Crippen LogP contribution in [0.1, 0.15) is 5.69 Å². The highest BCUT2D eigenvalue weighted by atomic mass is 16.5. The standard InChI is InChI=1S/C10H11NO4/c1-14-8-5-7(3-4-10(12)13)11-6-9(8)15-2/h3-6H,1-2H3,(H,12,13)/b4-3+. The minimum atomic E-state index is -1.02. The smallest absolute Gasteiger partial charge is 0.328 e. The molecule has 0 atom stereocenters. The maximum atomic E-state index is 10.3. The van der Waals surface area contributed by atoms with Crippen molar-refractivity contribution in [3.05, 3.63) is 24.0 Å². The molecule has 1 heterocycles. The zero-order valence-electron chi connectivity index (χ0n) is 8.43. The Balaban J connectivity index is 2.97. The van der Waals surface area contributed by atoms with Crippen LogP contribution in [0, 0.1) is 0 Å². The lowest BCUT2D eigenvalue weighted by Crippen LogP contribution is -1.93. The highest BCUT2D eigenvalue weighted by Crippen LogP contribution is 2.26. The van der Waals surface area contributed by atoms with E-state index in [0.717, 1.165) is 6.08 Å². The van der Waals surface area contributed by atoms with Crippen molar-refractivity contribution >= 4 is 12.0 Å². The van der Waals surface area contributed by atoms with Gasteiger partial charge in [-0.25, -0.2) is 4.79 Å². The Bertz CT molecular complexity index is 387. The van der Waals surface area contributed by atoms with E-state index in [1.54, 1.807) is 6.07 Å². The van der Waals surface area contributed by atoms with Gasteiger partial charge in [-0.3, -0.25) is 4.98 Å². The largest absolute Gasteiger partial charge is 0.493 e. The van der Waals surface area contributed by atoms with Crippen molar-refractivity contribution in [2.75, 3.05) is 14.2 Å². The maximum absolute atomic E-state index is 10.3. The summed E-state index contributed by atoms with van der Waals surface area (Å²) in [7, 11) is 3.01. The van der Waals surface area contributed by atoms with Gasteiger partial charge in [-0.15, -0.1) is 0 Å². The summed E-state index contributed by atoms with van der Waals surface area (Å²) in [6.45, 7) is 0. The summed E-state index contributed by atoms with van der Waals surface area (Å²) in [5.41, 5.74) is 0.495. The number of methoxy groups -OCH3 is 2. The van der Waals surface area contributed by atoms with E-state index < -0.39 is 5.97 Å². The van der Waals surface area contributed by atoms with Gasteiger partial charge in [0.25, 0.3) is 0 Å². The van der Waals surface area contributed by atoms with Crippen LogP contribution in [0.2, 0.25) is 0 Å². The van der Waals surface area contributed by atoms with E-state index >= 15 is 0 Å². The van der Waals surface area contributed by atoms with Crippen molar-refractivity contribution < 1.29 is 19.4 Å². The quantitative estimate of drug-likeness (QED) is 0.754. The van der Waals surface area contributed by atoms with Crippen LogP contribution in [0.15, 0.2) is 18.3 Å². The molecule has 5 nitrogen and oxygen atoms in total. The Morgan fingerprint density at radius 3 is 2.60 bits per heavy atom. The fourth-order valence-corrected chi connectivity index (χ4v) is 1.00. The van der Waals surface area contributed by atoms with Crippen LogP contribution < -0.4 is 9.47 Å². The molecule has 1 rings (SSSR count). The predicted molar refractivity (Wildman–Crippen MR) is 54.0 cm³/mol. The number of carboxylic acid groups (broad SMARTS) is 1. The first kappa shape index (κ1) is 11.0. The van der Waals surface area contributed by atoms with Gasteiger partial charge < -0.3 is 14.6 Å². The number of aliphatic carboxylic acids is 1. The third kappa shape index (κ3) is 2.98. The zero-order chi connectivity index (χ0) is 11.3. The van der Waals surface area contributed by atoms with Crippen LogP contribution in [-0.4, -0.2) is 30.3 Å². The third-order valence-electron chi connectivity index (χ3n) is 1.69. The van der Waals surface area contributed by atoms with E-state index in [1.807, 2.05) is 0 Å². The van der Waals surface area contributed by atoms with E-state index in [-0.39, 0.29) is 0 Å². The summed E-state index contributed by atoms with van der Waals surface area (Å²) in [6.07, 6.45) is 3.86. The summed E-state index contributed by atoms with van der Waals surface area (Å²) in [5.74, 6) is -0.00546. The molecule has 0 unspecified atom stereocenters. The molecule has 0 bridgehead atoms. The summed E-state index contributed by atoms with van der Waals surface area (Å²) < 4.78 is 10.0.